The fourth-order valence-electron chi connectivity index (χ4n) is 3.71. The lowest BCUT2D eigenvalue weighted by molar-refractivity contribution is -0.136. The van der Waals surface area contributed by atoms with E-state index in [1.165, 1.54) is 0 Å². The number of amides is 3. The van der Waals surface area contributed by atoms with Crippen molar-refractivity contribution in [3.05, 3.63) is 0 Å². The van der Waals surface area contributed by atoms with Gasteiger partial charge in [0, 0.05) is 49.6 Å². The molecule has 5 nitrogen and oxygen atoms in total. The van der Waals surface area contributed by atoms with Gasteiger partial charge in [-0.25, -0.2) is 4.79 Å². The second-order valence-electron chi connectivity index (χ2n) is 6.63. The fraction of sp³-hybridized carbons (Fsp3) is 0.875. The highest BCUT2D eigenvalue weighted by Crippen LogP contribution is 2.27. The summed E-state index contributed by atoms with van der Waals surface area (Å²) in [4.78, 5) is 28.6. The summed E-state index contributed by atoms with van der Waals surface area (Å²) in [5.74, 6) is 2.69. The Labute approximate surface area is 137 Å². The number of carbonyl (C=O) groups is 2. The summed E-state index contributed by atoms with van der Waals surface area (Å²) < 4.78 is 0. The topological polar surface area (TPSA) is 52.7 Å². The van der Waals surface area contributed by atoms with Crippen molar-refractivity contribution in [3.63, 3.8) is 0 Å². The summed E-state index contributed by atoms with van der Waals surface area (Å²) >= 11 is 1.94. The predicted molar refractivity (Wildman–Crippen MR) is 89.0 cm³/mol. The van der Waals surface area contributed by atoms with Crippen LogP contribution in [0.2, 0.25) is 0 Å². The number of nitrogens with one attached hydrogen (secondary N) is 1. The summed E-state index contributed by atoms with van der Waals surface area (Å²) in [6.45, 7) is 3.61. The lowest BCUT2D eigenvalue weighted by atomic mass is 9.85. The minimum atomic E-state index is 0.0975. The molecule has 0 aromatic heterocycles. The van der Waals surface area contributed by atoms with Crippen LogP contribution in [0, 0.1) is 5.92 Å². The molecule has 6 heteroatoms. The number of nitrogens with zero attached hydrogens (tertiary/aromatic N) is 2. The molecule has 3 fully saturated rings. The van der Waals surface area contributed by atoms with Crippen LogP contribution in [-0.4, -0.2) is 65.5 Å². The average Bonchev–Trinajstić information content (AvgIpc) is 3.10. The molecular formula is C16H27N3O2S. The van der Waals surface area contributed by atoms with Gasteiger partial charge < -0.3 is 15.1 Å². The number of hydrogen-bond donors (Lipinski definition) is 1. The van der Waals surface area contributed by atoms with Crippen molar-refractivity contribution in [2.75, 3.05) is 37.7 Å². The molecule has 0 aromatic rings. The van der Waals surface area contributed by atoms with Crippen LogP contribution < -0.4 is 5.32 Å². The summed E-state index contributed by atoms with van der Waals surface area (Å²) in [5, 5.41) is 3.16. The molecule has 124 valence electrons. The van der Waals surface area contributed by atoms with E-state index in [1.807, 2.05) is 21.6 Å². The molecule has 3 amide bonds. The summed E-state index contributed by atoms with van der Waals surface area (Å²) in [6, 6.07) is 0.356. The highest BCUT2D eigenvalue weighted by Gasteiger charge is 2.31. The summed E-state index contributed by atoms with van der Waals surface area (Å²) in [7, 11) is 0. The monoisotopic (exact) mass is 325 g/mol. The van der Waals surface area contributed by atoms with E-state index in [0.717, 1.165) is 76.2 Å². The van der Waals surface area contributed by atoms with E-state index in [0.29, 0.717) is 5.91 Å². The highest BCUT2D eigenvalue weighted by molar-refractivity contribution is 7.99. The maximum absolute atomic E-state index is 12.5. The summed E-state index contributed by atoms with van der Waals surface area (Å²) in [5.41, 5.74) is 0. The molecule has 1 N–H and O–H groups in total. The number of urea groups is 1. The van der Waals surface area contributed by atoms with Gasteiger partial charge in [0.1, 0.15) is 0 Å². The van der Waals surface area contributed by atoms with E-state index in [1.54, 1.807) is 0 Å². The number of thioether (sulfide) groups is 1. The zero-order valence-corrected chi connectivity index (χ0v) is 14.1. The molecule has 2 saturated heterocycles. The average molecular weight is 325 g/mol. The van der Waals surface area contributed by atoms with E-state index in [-0.39, 0.29) is 18.0 Å². The van der Waals surface area contributed by atoms with Gasteiger partial charge in [0.05, 0.1) is 0 Å². The van der Waals surface area contributed by atoms with Gasteiger partial charge in [0.25, 0.3) is 0 Å². The Balaban J connectivity index is 1.41. The maximum atomic E-state index is 12.5. The molecule has 1 aliphatic carbocycles. The highest BCUT2D eigenvalue weighted by atomic mass is 32.2. The molecular weight excluding hydrogens is 298 g/mol. The van der Waals surface area contributed by atoms with Crippen LogP contribution in [0.5, 0.6) is 0 Å². The molecule has 0 spiro atoms. The van der Waals surface area contributed by atoms with Crippen molar-refractivity contribution in [2.45, 2.75) is 44.6 Å². The van der Waals surface area contributed by atoms with Crippen molar-refractivity contribution >= 4 is 23.7 Å². The number of likely N-dealkylation sites (tertiary alicyclic amines) is 1. The molecule has 0 bridgehead atoms. The van der Waals surface area contributed by atoms with E-state index in [4.69, 9.17) is 0 Å². The maximum Gasteiger partial charge on any atom is 0.317 e. The molecule has 2 heterocycles. The largest absolute Gasteiger partial charge is 0.341 e. The van der Waals surface area contributed by atoms with Gasteiger partial charge in [0.15, 0.2) is 0 Å². The van der Waals surface area contributed by atoms with Crippen molar-refractivity contribution in [1.82, 2.24) is 15.1 Å². The van der Waals surface area contributed by atoms with Crippen LogP contribution in [0.1, 0.15) is 38.5 Å². The SMILES string of the molecule is O=C(NC1CCC(C(=O)N2CCSCC2)CC1)N1CCCC1. The van der Waals surface area contributed by atoms with Crippen LogP contribution in [0.3, 0.4) is 0 Å². The first-order valence-electron chi connectivity index (χ1n) is 8.66. The zero-order valence-electron chi connectivity index (χ0n) is 13.3. The predicted octanol–water partition coefficient (Wildman–Crippen LogP) is 1.93. The standard InChI is InChI=1S/C16H27N3O2S/c20-15(18-9-11-22-12-10-18)13-3-5-14(6-4-13)17-16(21)19-7-1-2-8-19/h13-14H,1-12H2,(H,17,21). The molecule has 0 atom stereocenters. The molecule has 0 aromatic carbocycles. The first-order chi connectivity index (χ1) is 10.7. The second-order valence-corrected chi connectivity index (χ2v) is 7.85. The van der Waals surface area contributed by atoms with Gasteiger partial charge in [0.2, 0.25) is 5.91 Å². The van der Waals surface area contributed by atoms with E-state index in [9.17, 15) is 9.59 Å². The first-order valence-corrected chi connectivity index (χ1v) is 9.81. The Kier molecular flexibility index (Phi) is 5.50. The van der Waals surface area contributed by atoms with E-state index >= 15 is 0 Å². The third-order valence-corrected chi connectivity index (χ3v) is 6.06. The van der Waals surface area contributed by atoms with Crippen molar-refractivity contribution in [3.8, 4) is 0 Å². The number of carbonyl (C=O) groups excluding carboxylic acids is 2. The molecule has 2 aliphatic heterocycles. The van der Waals surface area contributed by atoms with Gasteiger partial charge in [-0.3, -0.25) is 4.79 Å². The Morgan fingerprint density at radius 3 is 2.14 bits per heavy atom. The quantitative estimate of drug-likeness (QED) is 0.844. The summed E-state index contributed by atoms with van der Waals surface area (Å²) in [6.07, 6.45) is 5.99. The Hall–Kier alpha value is -0.910. The Bertz CT molecular complexity index is 398. The Morgan fingerprint density at radius 1 is 0.864 bits per heavy atom. The molecule has 22 heavy (non-hydrogen) atoms. The second kappa shape index (κ2) is 7.57. The van der Waals surface area contributed by atoms with Gasteiger partial charge in [-0.15, -0.1) is 0 Å². The number of hydrogen-bond acceptors (Lipinski definition) is 3. The van der Waals surface area contributed by atoms with Crippen molar-refractivity contribution in [2.24, 2.45) is 5.92 Å². The third kappa shape index (κ3) is 3.89. The minimum absolute atomic E-state index is 0.0975. The number of rotatable bonds is 2. The van der Waals surface area contributed by atoms with Crippen LogP contribution in [0.4, 0.5) is 4.79 Å². The van der Waals surface area contributed by atoms with Crippen molar-refractivity contribution in [1.29, 1.82) is 0 Å². The smallest absolute Gasteiger partial charge is 0.317 e. The van der Waals surface area contributed by atoms with Crippen LogP contribution in [0.15, 0.2) is 0 Å². The first kappa shape index (κ1) is 16.0. The molecule has 3 aliphatic rings. The van der Waals surface area contributed by atoms with Crippen LogP contribution in [0.25, 0.3) is 0 Å². The molecule has 0 unspecified atom stereocenters. The third-order valence-electron chi connectivity index (χ3n) is 5.12. The Morgan fingerprint density at radius 2 is 1.50 bits per heavy atom. The zero-order chi connectivity index (χ0) is 15.4. The van der Waals surface area contributed by atoms with Crippen LogP contribution in [-0.2, 0) is 4.79 Å². The van der Waals surface area contributed by atoms with Crippen molar-refractivity contribution < 1.29 is 9.59 Å². The molecule has 0 radical (unpaired) electrons. The van der Waals surface area contributed by atoms with Gasteiger partial charge in [-0.2, -0.15) is 11.8 Å². The van der Waals surface area contributed by atoms with E-state index < -0.39 is 0 Å². The minimum Gasteiger partial charge on any atom is -0.341 e. The van der Waals surface area contributed by atoms with Gasteiger partial charge in [-0.1, -0.05) is 0 Å². The lowest BCUT2D eigenvalue weighted by Crippen LogP contribution is -2.47. The van der Waals surface area contributed by atoms with Gasteiger partial charge in [-0.05, 0) is 38.5 Å². The molecule has 1 saturated carbocycles. The fourth-order valence-corrected chi connectivity index (χ4v) is 4.62. The lowest BCUT2D eigenvalue weighted by Gasteiger charge is -2.34. The van der Waals surface area contributed by atoms with Crippen LogP contribution >= 0.6 is 11.8 Å². The molecule has 3 rings (SSSR count). The van der Waals surface area contributed by atoms with Gasteiger partial charge >= 0.3 is 6.03 Å². The van der Waals surface area contributed by atoms with E-state index in [2.05, 4.69) is 5.32 Å². The normalized spacial score (nSPS) is 29.5.